The van der Waals surface area contributed by atoms with E-state index in [2.05, 4.69) is 0 Å². The second kappa shape index (κ2) is 6.06. The zero-order valence-electron chi connectivity index (χ0n) is 10.0. The van der Waals surface area contributed by atoms with Gasteiger partial charge in [0.1, 0.15) is 0 Å². The minimum atomic E-state index is -4.21. The first-order valence-electron chi connectivity index (χ1n) is 5.91. The molecule has 18 heavy (non-hydrogen) atoms. The molecule has 0 aromatic rings. The molecular weight excluding hydrogens is 249 g/mol. The topological polar surface area (TPSA) is 63.4 Å². The Labute approximate surface area is 103 Å². The van der Waals surface area contributed by atoms with E-state index in [0.29, 0.717) is 25.9 Å². The second-order valence-electron chi connectivity index (χ2n) is 4.63. The van der Waals surface area contributed by atoms with Gasteiger partial charge in [-0.05, 0) is 18.8 Å². The molecule has 0 aromatic carbocycles. The van der Waals surface area contributed by atoms with Crippen LogP contribution in [0.2, 0.25) is 0 Å². The fraction of sp³-hybridized carbons (Fsp3) is 0.818. The third-order valence-electron chi connectivity index (χ3n) is 2.99. The highest BCUT2D eigenvalue weighted by Crippen LogP contribution is 2.31. The molecule has 0 spiro atoms. The second-order valence-corrected chi connectivity index (χ2v) is 4.63. The summed E-state index contributed by atoms with van der Waals surface area (Å²) in [7, 11) is 0. The Bertz CT molecular complexity index is 318. The molecule has 2 N–H and O–H groups in total. The van der Waals surface area contributed by atoms with Crippen LogP contribution in [0.4, 0.5) is 13.2 Å². The number of nitrogens with two attached hydrogens (primary N) is 1. The van der Waals surface area contributed by atoms with Crippen LogP contribution in [0, 0.1) is 5.92 Å². The molecular formula is C11H17F3N2O2. The van der Waals surface area contributed by atoms with Crippen molar-refractivity contribution in [1.29, 1.82) is 0 Å². The number of hydrogen-bond donors (Lipinski definition) is 1. The Morgan fingerprint density at radius 2 is 2.11 bits per heavy atom. The summed E-state index contributed by atoms with van der Waals surface area (Å²) in [5, 5.41) is 0. The van der Waals surface area contributed by atoms with Gasteiger partial charge >= 0.3 is 6.18 Å². The number of halogens is 3. The summed E-state index contributed by atoms with van der Waals surface area (Å²) in [6, 6.07) is 0. The molecule has 1 unspecified atom stereocenters. The Hall–Kier alpha value is -1.27. The number of carbonyl (C=O) groups excluding carboxylic acids is 2. The van der Waals surface area contributed by atoms with Crippen LogP contribution in [0.1, 0.15) is 32.1 Å². The van der Waals surface area contributed by atoms with Crippen molar-refractivity contribution in [2.75, 3.05) is 13.1 Å². The van der Waals surface area contributed by atoms with Crippen LogP contribution in [0.5, 0.6) is 0 Å². The summed E-state index contributed by atoms with van der Waals surface area (Å²) in [4.78, 5) is 23.6. The third kappa shape index (κ3) is 5.37. The van der Waals surface area contributed by atoms with Crippen LogP contribution < -0.4 is 5.73 Å². The van der Waals surface area contributed by atoms with Gasteiger partial charge in [0, 0.05) is 32.4 Å². The maximum atomic E-state index is 12.2. The van der Waals surface area contributed by atoms with Gasteiger partial charge in [0.2, 0.25) is 11.8 Å². The van der Waals surface area contributed by atoms with E-state index in [1.807, 2.05) is 0 Å². The SMILES string of the molecule is NC(=O)CCCN1CCC(CC(F)(F)F)CC1=O. The largest absolute Gasteiger partial charge is 0.389 e. The summed E-state index contributed by atoms with van der Waals surface area (Å²) in [5.41, 5.74) is 4.97. The quantitative estimate of drug-likeness (QED) is 0.818. The first kappa shape index (κ1) is 14.8. The Morgan fingerprint density at radius 1 is 1.44 bits per heavy atom. The van der Waals surface area contributed by atoms with Crippen LogP contribution >= 0.6 is 0 Å². The molecule has 2 amide bonds. The molecule has 1 aliphatic rings. The van der Waals surface area contributed by atoms with Crippen molar-refractivity contribution in [2.45, 2.75) is 38.3 Å². The zero-order chi connectivity index (χ0) is 13.8. The van der Waals surface area contributed by atoms with Crippen molar-refractivity contribution in [3.05, 3.63) is 0 Å². The van der Waals surface area contributed by atoms with Gasteiger partial charge in [-0.1, -0.05) is 0 Å². The summed E-state index contributed by atoms with van der Waals surface area (Å²) in [5.74, 6) is -1.31. The lowest BCUT2D eigenvalue weighted by atomic mass is 9.92. The van der Waals surface area contributed by atoms with E-state index in [1.165, 1.54) is 4.90 Å². The molecule has 0 aliphatic carbocycles. The highest BCUT2D eigenvalue weighted by atomic mass is 19.4. The van der Waals surface area contributed by atoms with Gasteiger partial charge in [0.05, 0.1) is 0 Å². The van der Waals surface area contributed by atoms with Gasteiger partial charge in [0.25, 0.3) is 0 Å². The number of nitrogens with zero attached hydrogens (tertiary/aromatic N) is 1. The number of rotatable bonds is 5. The molecule has 104 valence electrons. The van der Waals surface area contributed by atoms with Gasteiger partial charge in [-0.2, -0.15) is 13.2 Å². The molecule has 1 rings (SSSR count). The predicted octanol–water partition coefficient (Wildman–Crippen LogP) is 1.44. The minimum absolute atomic E-state index is 0.0594. The highest BCUT2D eigenvalue weighted by Gasteiger charge is 2.35. The van der Waals surface area contributed by atoms with E-state index >= 15 is 0 Å². The molecule has 1 fully saturated rings. The van der Waals surface area contributed by atoms with Crippen molar-refractivity contribution < 1.29 is 22.8 Å². The van der Waals surface area contributed by atoms with E-state index < -0.39 is 24.4 Å². The molecule has 1 aliphatic heterocycles. The molecule has 0 bridgehead atoms. The number of amides is 2. The van der Waals surface area contributed by atoms with E-state index in [1.54, 1.807) is 0 Å². The summed E-state index contributed by atoms with van der Waals surface area (Å²) in [6.45, 7) is 0.721. The lowest BCUT2D eigenvalue weighted by Crippen LogP contribution is -2.40. The van der Waals surface area contributed by atoms with Crippen LogP contribution in [0.15, 0.2) is 0 Å². The molecule has 0 saturated carbocycles. The number of hydrogen-bond acceptors (Lipinski definition) is 2. The smallest absolute Gasteiger partial charge is 0.370 e. The van der Waals surface area contributed by atoms with Crippen LogP contribution in [-0.2, 0) is 9.59 Å². The molecule has 1 saturated heterocycles. The molecule has 1 atom stereocenters. The summed E-state index contributed by atoms with van der Waals surface area (Å²) < 4.78 is 36.5. The van der Waals surface area contributed by atoms with Gasteiger partial charge < -0.3 is 10.6 Å². The third-order valence-corrected chi connectivity index (χ3v) is 2.99. The van der Waals surface area contributed by atoms with Crippen molar-refractivity contribution in [3.63, 3.8) is 0 Å². The average molecular weight is 266 g/mol. The number of likely N-dealkylation sites (tertiary alicyclic amines) is 1. The Kier molecular flexibility index (Phi) is 4.98. The van der Waals surface area contributed by atoms with Crippen molar-refractivity contribution in [2.24, 2.45) is 11.7 Å². The van der Waals surface area contributed by atoms with E-state index in [9.17, 15) is 22.8 Å². The Morgan fingerprint density at radius 3 is 2.61 bits per heavy atom. The predicted molar refractivity (Wildman–Crippen MR) is 58.4 cm³/mol. The average Bonchev–Trinajstić information content (AvgIpc) is 2.18. The standard InChI is InChI=1S/C11H17F3N2O2/c12-11(13,14)7-8-3-5-16(10(18)6-8)4-1-2-9(15)17/h8H,1-7H2,(H2,15,17). The normalized spacial score (nSPS) is 21.2. The van der Waals surface area contributed by atoms with E-state index in [-0.39, 0.29) is 18.7 Å². The zero-order valence-corrected chi connectivity index (χ0v) is 10.0. The van der Waals surface area contributed by atoms with Gasteiger partial charge in [-0.3, -0.25) is 9.59 Å². The maximum absolute atomic E-state index is 12.2. The van der Waals surface area contributed by atoms with Crippen molar-refractivity contribution in [1.82, 2.24) is 4.90 Å². The fourth-order valence-corrected chi connectivity index (χ4v) is 2.12. The van der Waals surface area contributed by atoms with Gasteiger partial charge in [0.15, 0.2) is 0 Å². The summed E-state index contributed by atoms with van der Waals surface area (Å²) in [6.07, 6.45) is -4.15. The Balaban J connectivity index is 2.33. The molecule has 0 radical (unpaired) electrons. The fourth-order valence-electron chi connectivity index (χ4n) is 2.12. The molecule has 1 heterocycles. The lowest BCUT2D eigenvalue weighted by molar-refractivity contribution is -0.153. The molecule has 7 heteroatoms. The van der Waals surface area contributed by atoms with Gasteiger partial charge in [-0.25, -0.2) is 0 Å². The monoisotopic (exact) mass is 266 g/mol. The van der Waals surface area contributed by atoms with Crippen LogP contribution in [0.3, 0.4) is 0 Å². The van der Waals surface area contributed by atoms with Crippen LogP contribution in [-0.4, -0.2) is 36.0 Å². The lowest BCUT2D eigenvalue weighted by Gasteiger charge is -2.32. The number of alkyl halides is 3. The highest BCUT2D eigenvalue weighted by molar-refractivity contribution is 5.77. The van der Waals surface area contributed by atoms with Crippen LogP contribution in [0.25, 0.3) is 0 Å². The van der Waals surface area contributed by atoms with Crippen molar-refractivity contribution in [3.8, 4) is 0 Å². The molecule has 4 nitrogen and oxygen atoms in total. The first-order valence-corrected chi connectivity index (χ1v) is 5.91. The number of primary amides is 1. The number of carbonyl (C=O) groups is 2. The van der Waals surface area contributed by atoms with E-state index in [0.717, 1.165) is 0 Å². The van der Waals surface area contributed by atoms with E-state index in [4.69, 9.17) is 5.73 Å². The van der Waals surface area contributed by atoms with Gasteiger partial charge in [-0.15, -0.1) is 0 Å². The number of piperidine rings is 1. The first-order chi connectivity index (χ1) is 8.28. The maximum Gasteiger partial charge on any atom is 0.389 e. The summed E-state index contributed by atoms with van der Waals surface area (Å²) >= 11 is 0. The molecule has 0 aromatic heterocycles. The minimum Gasteiger partial charge on any atom is -0.370 e. The van der Waals surface area contributed by atoms with Crippen molar-refractivity contribution >= 4 is 11.8 Å².